The molecule has 1 heterocycles. The van der Waals surface area contributed by atoms with E-state index in [-0.39, 0.29) is 35.6 Å². The van der Waals surface area contributed by atoms with Crippen molar-refractivity contribution in [3.8, 4) is 0 Å². The van der Waals surface area contributed by atoms with Crippen molar-refractivity contribution >= 4 is 40.9 Å². The maximum absolute atomic E-state index is 13.3. The normalized spacial score (nSPS) is 14.6. The minimum atomic E-state index is -0.529. The Morgan fingerprint density at radius 1 is 1.00 bits per heavy atom. The largest absolute Gasteiger partial charge is 0.465 e. The van der Waals surface area contributed by atoms with E-state index in [1.165, 1.54) is 12.1 Å². The van der Waals surface area contributed by atoms with Gasteiger partial charge in [0.25, 0.3) is 11.6 Å². The number of ether oxygens (including phenoxy) is 1. The summed E-state index contributed by atoms with van der Waals surface area (Å²) in [6, 6.07) is 22.4. The smallest absolute Gasteiger partial charge is 0.316 e. The van der Waals surface area contributed by atoms with Gasteiger partial charge >= 0.3 is 5.97 Å². The average molecular weight is 554 g/mol. The van der Waals surface area contributed by atoms with Crippen LogP contribution in [0.2, 0.25) is 5.02 Å². The highest BCUT2D eigenvalue weighted by molar-refractivity contribution is 8.00. The molecule has 0 spiro atoms. The topological polar surface area (TPSA) is 93.0 Å². The van der Waals surface area contributed by atoms with E-state index < -0.39 is 10.9 Å². The van der Waals surface area contributed by atoms with Crippen molar-refractivity contribution in [3.63, 3.8) is 0 Å². The van der Waals surface area contributed by atoms with E-state index in [2.05, 4.69) is 17.0 Å². The van der Waals surface area contributed by atoms with E-state index in [0.717, 1.165) is 22.9 Å². The lowest BCUT2D eigenvalue weighted by molar-refractivity contribution is -0.387. The number of carbonyl (C=O) groups is 2. The van der Waals surface area contributed by atoms with Crippen LogP contribution in [0.5, 0.6) is 0 Å². The number of carbonyl (C=O) groups excluding carboxylic acids is 2. The third-order valence-electron chi connectivity index (χ3n) is 6.32. The number of benzene rings is 3. The molecule has 3 aromatic carbocycles. The lowest BCUT2D eigenvalue weighted by Gasteiger charge is -2.39. The molecule has 1 fully saturated rings. The van der Waals surface area contributed by atoms with E-state index in [0.29, 0.717) is 36.1 Å². The summed E-state index contributed by atoms with van der Waals surface area (Å²) in [5.41, 5.74) is 2.33. The molecule has 1 aliphatic heterocycles. The van der Waals surface area contributed by atoms with Gasteiger partial charge in [0.15, 0.2) is 0 Å². The number of rotatable bonds is 9. The molecule has 10 heteroatoms. The van der Waals surface area contributed by atoms with Gasteiger partial charge < -0.3 is 9.64 Å². The monoisotopic (exact) mass is 553 g/mol. The lowest BCUT2D eigenvalue weighted by Crippen LogP contribution is -2.49. The Bertz CT molecular complexity index is 1280. The van der Waals surface area contributed by atoms with Gasteiger partial charge in [0.05, 0.1) is 28.2 Å². The predicted octanol–water partition coefficient (Wildman–Crippen LogP) is 5.45. The van der Waals surface area contributed by atoms with E-state index in [4.69, 9.17) is 16.3 Å². The maximum Gasteiger partial charge on any atom is 0.316 e. The molecule has 3 aromatic rings. The first-order valence-electron chi connectivity index (χ1n) is 12.3. The number of nitrogens with zero attached hydrogens (tertiary/aromatic N) is 3. The highest BCUT2D eigenvalue weighted by atomic mass is 35.5. The van der Waals surface area contributed by atoms with Gasteiger partial charge in [0.1, 0.15) is 0 Å². The minimum Gasteiger partial charge on any atom is -0.465 e. The zero-order valence-corrected chi connectivity index (χ0v) is 22.5. The van der Waals surface area contributed by atoms with Crippen molar-refractivity contribution in [2.45, 2.75) is 17.9 Å². The second-order valence-electron chi connectivity index (χ2n) is 8.73. The van der Waals surface area contributed by atoms with Crippen molar-refractivity contribution in [2.75, 3.05) is 38.5 Å². The third-order valence-corrected chi connectivity index (χ3v) is 7.61. The summed E-state index contributed by atoms with van der Waals surface area (Å²) in [6.45, 7) is 4.21. The molecule has 0 saturated carbocycles. The third kappa shape index (κ3) is 6.72. The van der Waals surface area contributed by atoms with Crippen LogP contribution >= 0.6 is 23.4 Å². The molecule has 0 bridgehead atoms. The molecule has 1 amide bonds. The molecule has 1 atom stereocenters. The number of nitro groups is 1. The van der Waals surface area contributed by atoms with Crippen molar-refractivity contribution in [2.24, 2.45) is 0 Å². The molecule has 1 saturated heterocycles. The fourth-order valence-corrected chi connectivity index (χ4v) is 5.44. The summed E-state index contributed by atoms with van der Waals surface area (Å²) in [5, 5.41) is 12.4. The molecule has 0 aliphatic carbocycles. The van der Waals surface area contributed by atoms with Gasteiger partial charge in [0, 0.05) is 42.8 Å². The number of hydrogen-bond acceptors (Lipinski definition) is 7. The SMILES string of the molecule is CCOC(=O)CSc1ccc(C(=O)N2CCN([C@H](c3ccccc3)c3ccc(Cl)cc3)CC2)cc1[N+](=O)[O-]. The Morgan fingerprint density at radius 3 is 2.29 bits per heavy atom. The Hall–Kier alpha value is -3.40. The van der Waals surface area contributed by atoms with Crippen molar-refractivity contribution in [3.05, 3.63) is 105 Å². The fourth-order valence-electron chi connectivity index (χ4n) is 4.51. The number of hydrogen-bond donors (Lipinski definition) is 0. The highest BCUT2D eigenvalue weighted by Crippen LogP contribution is 2.32. The summed E-state index contributed by atoms with van der Waals surface area (Å²) < 4.78 is 4.89. The Labute approximate surface area is 230 Å². The van der Waals surface area contributed by atoms with Crippen LogP contribution in [0.1, 0.15) is 34.5 Å². The van der Waals surface area contributed by atoms with Crippen LogP contribution < -0.4 is 0 Å². The minimum absolute atomic E-state index is 0.0162. The van der Waals surface area contributed by atoms with Crippen LogP contribution in [0.3, 0.4) is 0 Å². The summed E-state index contributed by atoms with van der Waals surface area (Å²) in [6.07, 6.45) is 0. The van der Waals surface area contributed by atoms with E-state index >= 15 is 0 Å². The Balaban J connectivity index is 1.47. The van der Waals surface area contributed by atoms with Crippen LogP contribution in [0.25, 0.3) is 0 Å². The number of thioether (sulfide) groups is 1. The van der Waals surface area contributed by atoms with E-state index in [1.807, 2.05) is 42.5 Å². The van der Waals surface area contributed by atoms with Crippen LogP contribution in [0, 0.1) is 10.1 Å². The van der Waals surface area contributed by atoms with E-state index in [9.17, 15) is 19.7 Å². The number of esters is 1. The van der Waals surface area contributed by atoms with Gasteiger partial charge in [-0.25, -0.2) is 0 Å². The van der Waals surface area contributed by atoms with Gasteiger partial charge in [0.2, 0.25) is 0 Å². The average Bonchev–Trinajstić information content (AvgIpc) is 2.94. The van der Waals surface area contributed by atoms with Crippen LogP contribution in [-0.4, -0.2) is 65.1 Å². The van der Waals surface area contributed by atoms with Crippen LogP contribution in [0.4, 0.5) is 5.69 Å². The van der Waals surface area contributed by atoms with Crippen molar-refractivity contribution in [1.29, 1.82) is 0 Å². The second kappa shape index (κ2) is 12.9. The van der Waals surface area contributed by atoms with Crippen LogP contribution in [0.15, 0.2) is 77.7 Å². The molecule has 198 valence electrons. The molecule has 8 nitrogen and oxygen atoms in total. The molecule has 4 rings (SSSR count). The molecule has 0 N–H and O–H groups in total. The Kier molecular flexibility index (Phi) is 9.38. The Morgan fingerprint density at radius 2 is 1.66 bits per heavy atom. The number of nitro benzene ring substituents is 1. The maximum atomic E-state index is 13.3. The van der Waals surface area contributed by atoms with Crippen molar-refractivity contribution in [1.82, 2.24) is 9.80 Å². The summed E-state index contributed by atoms with van der Waals surface area (Å²) >= 11 is 7.15. The molecule has 1 aliphatic rings. The van der Waals surface area contributed by atoms with Crippen molar-refractivity contribution < 1.29 is 19.2 Å². The summed E-state index contributed by atoms with van der Waals surface area (Å²) in [4.78, 5) is 40.5. The second-order valence-corrected chi connectivity index (χ2v) is 10.2. The van der Waals surface area contributed by atoms with Gasteiger partial charge in [-0.2, -0.15) is 0 Å². The van der Waals surface area contributed by atoms with Gasteiger partial charge in [-0.3, -0.25) is 24.6 Å². The zero-order chi connectivity index (χ0) is 27.1. The van der Waals surface area contributed by atoms with Crippen LogP contribution in [-0.2, 0) is 9.53 Å². The quantitative estimate of drug-likeness (QED) is 0.150. The predicted molar refractivity (Wildman–Crippen MR) is 148 cm³/mol. The van der Waals surface area contributed by atoms with Gasteiger partial charge in [-0.15, -0.1) is 11.8 Å². The highest BCUT2D eigenvalue weighted by Gasteiger charge is 2.29. The fraction of sp³-hybridized carbons (Fsp3) is 0.286. The molecule has 0 radical (unpaired) electrons. The first-order valence-corrected chi connectivity index (χ1v) is 13.6. The molecular weight excluding hydrogens is 526 g/mol. The molecular formula is C28H28ClN3O5S. The molecule has 0 unspecified atom stereocenters. The number of piperazine rings is 1. The lowest BCUT2D eigenvalue weighted by atomic mass is 9.96. The first kappa shape index (κ1) is 27.6. The summed E-state index contributed by atoms with van der Waals surface area (Å²) in [5.74, 6) is -0.741. The zero-order valence-electron chi connectivity index (χ0n) is 20.9. The van der Waals surface area contributed by atoms with E-state index in [1.54, 1.807) is 17.9 Å². The molecule has 38 heavy (non-hydrogen) atoms. The number of amides is 1. The van der Waals surface area contributed by atoms with Gasteiger partial charge in [-0.1, -0.05) is 54.1 Å². The first-order chi connectivity index (χ1) is 18.4. The summed E-state index contributed by atoms with van der Waals surface area (Å²) in [7, 11) is 0. The van der Waals surface area contributed by atoms with Gasteiger partial charge in [-0.05, 0) is 42.3 Å². The number of halogens is 1. The standard InChI is InChI=1S/C28H28ClN3O5S/c1-2-37-26(33)19-38-25-13-10-22(18-24(25)32(35)36)28(34)31-16-14-30(15-17-31)27(20-6-4-3-5-7-20)21-8-11-23(29)12-9-21/h3-13,18,27H,2,14-17,19H2,1H3/t27-/m1/s1. The molecule has 0 aromatic heterocycles.